The van der Waals surface area contributed by atoms with Gasteiger partial charge in [-0.3, -0.25) is 9.80 Å². The molecule has 12 nitrogen and oxygen atoms in total. The number of aliphatic hydroxyl groups is 2. The molecule has 4 atom stereocenters. The minimum absolute atomic E-state index is 0. The molecule has 0 aromatic heterocycles. The van der Waals surface area contributed by atoms with E-state index in [-0.39, 0.29) is 52.7 Å². The summed E-state index contributed by atoms with van der Waals surface area (Å²) in [4.78, 5) is 15.1. The van der Waals surface area contributed by atoms with Gasteiger partial charge in [0.05, 0.1) is 46.5 Å². The van der Waals surface area contributed by atoms with Crippen molar-refractivity contribution in [2.75, 3.05) is 50.3 Å². The zero-order valence-electron chi connectivity index (χ0n) is 37.7. The van der Waals surface area contributed by atoms with E-state index in [9.17, 15) is 10.2 Å². The van der Waals surface area contributed by atoms with Crippen molar-refractivity contribution in [3.8, 4) is 0 Å². The summed E-state index contributed by atoms with van der Waals surface area (Å²) < 4.78 is 0. The third-order valence-electron chi connectivity index (χ3n) is 12.4. The van der Waals surface area contributed by atoms with Crippen molar-refractivity contribution < 1.29 is 26.7 Å². The third kappa shape index (κ3) is 11.3. The Balaban J connectivity index is 0.000000206. The Bertz CT molecular complexity index is 2010. The minimum Gasteiger partial charge on any atom is -0.492 e. The first-order valence-corrected chi connectivity index (χ1v) is 22.3. The number of hydrogen-bond acceptors (Lipinski definition) is 10. The van der Waals surface area contributed by atoms with E-state index in [4.69, 9.17) is 9.98 Å². The van der Waals surface area contributed by atoms with Crippen molar-refractivity contribution in [1.82, 2.24) is 30.5 Å². The molecule has 2 fully saturated rings. The fourth-order valence-electron chi connectivity index (χ4n) is 8.82. The van der Waals surface area contributed by atoms with Gasteiger partial charge in [0.1, 0.15) is 12.3 Å². The number of nitrogens with zero attached hydrogens (tertiary/aromatic N) is 8. The third-order valence-corrected chi connectivity index (χ3v) is 12.4. The molecule has 0 spiro atoms. The van der Waals surface area contributed by atoms with E-state index in [1.807, 2.05) is 121 Å². The minimum atomic E-state index is -0.0172. The van der Waals surface area contributed by atoms with Crippen LogP contribution in [0.4, 0.5) is 11.4 Å². The summed E-state index contributed by atoms with van der Waals surface area (Å²) >= 11 is 0. The monoisotopic (exact) mass is 896 g/mol. The second-order valence-electron chi connectivity index (χ2n) is 16.7. The summed E-state index contributed by atoms with van der Waals surface area (Å²) in [5.41, 5.74) is 5.78. The van der Waals surface area contributed by atoms with Crippen molar-refractivity contribution in [2.45, 2.75) is 90.6 Å². The molecule has 0 amide bonds. The average Bonchev–Trinajstić information content (AvgIpc) is 3.66. The van der Waals surface area contributed by atoms with Crippen LogP contribution < -0.4 is 20.7 Å². The molecular weight excluding hydrogens is 831 g/mol. The van der Waals surface area contributed by atoms with E-state index in [2.05, 4.69) is 82.8 Å². The molecule has 4 unspecified atom stereocenters. The topological polar surface area (TPSA) is 109 Å². The van der Waals surface area contributed by atoms with E-state index < -0.39 is 0 Å². The van der Waals surface area contributed by atoms with Gasteiger partial charge in [0.25, 0.3) is 0 Å². The Labute approximate surface area is 385 Å². The molecule has 2 saturated heterocycles. The van der Waals surface area contributed by atoms with Crippen molar-refractivity contribution >= 4 is 23.0 Å². The molecule has 63 heavy (non-hydrogen) atoms. The number of benzene rings is 4. The van der Waals surface area contributed by atoms with Crippen LogP contribution in [0.15, 0.2) is 154 Å². The van der Waals surface area contributed by atoms with Gasteiger partial charge in [0.2, 0.25) is 11.8 Å². The number of likely N-dealkylation sites (N-methyl/N-ethyl adjacent to an activating group) is 2. The van der Waals surface area contributed by atoms with E-state index in [0.717, 1.165) is 60.6 Å². The second-order valence-corrected chi connectivity index (χ2v) is 16.7. The molecular formula is C50H66N10NiO2. The Hall–Kier alpha value is -5.17. The van der Waals surface area contributed by atoms with Gasteiger partial charge in [-0.1, -0.05) is 110 Å². The second kappa shape index (κ2) is 22.5. The fraction of sp³-hybridized carbons (Fsp3) is 0.400. The first kappa shape index (κ1) is 47.3. The molecule has 4 aliphatic heterocycles. The Morgan fingerprint density at radius 3 is 1.13 bits per heavy atom. The number of likely N-dealkylation sites (tertiary alicyclic amines) is 2. The number of aliphatic hydroxyl groups excluding tert-OH is 2. The molecule has 338 valence electrons. The Morgan fingerprint density at radius 1 is 0.508 bits per heavy atom. The predicted molar refractivity (Wildman–Crippen MR) is 253 cm³/mol. The maximum Gasteiger partial charge on any atom is 0.228 e. The Kier molecular flexibility index (Phi) is 16.9. The largest absolute Gasteiger partial charge is 0.492 e. The molecule has 0 saturated carbocycles. The van der Waals surface area contributed by atoms with Crippen LogP contribution in [0.3, 0.4) is 0 Å². The maximum absolute atomic E-state index is 11.0. The average molecular weight is 898 g/mol. The molecule has 0 radical (unpaired) electrons. The first-order valence-electron chi connectivity index (χ1n) is 22.3. The molecule has 4 aliphatic rings. The standard InChI is InChI=1S/2C25H33N5O.Ni/c2*1-19-23(25(31)30(28(19)3)22-15-9-5-10-16-22)26-20(2)27-24(21-13-7-4-8-14-21)29-17-11-6-12-18-29;/h2*4-5,7-10,13-16,19,24,31H,6,11-12,17-18H2,1-3H3,(H,26,27);. The van der Waals surface area contributed by atoms with Gasteiger partial charge in [-0.25, -0.2) is 30.0 Å². The van der Waals surface area contributed by atoms with Gasteiger partial charge in [-0.05, 0) is 88.8 Å². The molecule has 4 aromatic rings. The molecule has 8 rings (SSSR count). The number of hydrogen-bond donors (Lipinski definition) is 4. The van der Waals surface area contributed by atoms with Gasteiger partial charge in [-0.2, -0.15) is 0 Å². The van der Waals surface area contributed by atoms with Gasteiger partial charge in [0, 0.05) is 56.8 Å². The number of anilines is 2. The molecule has 4 heterocycles. The molecule has 4 N–H and O–H groups in total. The summed E-state index contributed by atoms with van der Waals surface area (Å²) in [7, 11) is 3.96. The van der Waals surface area contributed by atoms with Crippen molar-refractivity contribution in [3.63, 3.8) is 0 Å². The van der Waals surface area contributed by atoms with Crippen LogP contribution in [0.2, 0.25) is 0 Å². The quantitative estimate of drug-likeness (QED) is 0.0699. The first-order chi connectivity index (χ1) is 30.1. The normalized spacial score (nSPS) is 21.7. The van der Waals surface area contributed by atoms with Gasteiger partial charge in [-0.15, -0.1) is 0 Å². The predicted octanol–water partition coefficient (Wildman–Crippen LogP) is 9.32. The van der Waals surface area contributed by atoms with E-state index in [1.54, 1.807) is 0 Å². The van der Waals surface area contributed by atoms with Crippen LogP contribution in [0.25, 0.3) is 0 Å². The van der Waals surface area contributed by atoms with Crippen molar-refractivity contribution in [3.05, 3.63) is 156 Å². The van der Waals surface area contributed by atoms with Crippen LogP contribution in [-0.2, 0) is 16.5 Å². The molecule has 0 bridgehead atoms. The van der Waals surface area contributed by atoms with Crippen LogP contribution in [-0.4, -0.2) is 94.1 Å². The van der Waals surface area contributed by atoms with E-state index in [0.29, 0.717) is 0 Å². The van der Waals surface area contributed by atoms with Crippen LogP contribution in [0.5, 0.6) is 0 Å². The van der Waals surface area contributed by atoms with E-state index >= 15 is 0 Å². The zero-order valence-corrected chi connectivity index (χ0v) is 38.7. The summed E-state index contributed by atoms with van der Waals surface area (Å²) in [6.45, 7) is 12.4. The number of hydrazine groups is 2. The van der Waals surface area contributed by atoms with Crippen LogP contribution in [0, 0.1) is 0 Å². The Morgan fingerprint density at radius 2 is 0.810 bits per heavy atom. The molecule has 0 aliphatic carbocycles. The smallest absolute Gasteiger partial charge is 0.228 e. The van der Waals surface area contributed by atoms with Gasteiger partial charge in [0.15, 0.2) is 0 Å². The van der Waals surface area contributed by atoms with Crippen LogP contribution >= 0.6 is 0 Å². The summed E-state index contributed by atoms with van der Waals surface area (Å²) in [6.07, 6.45) is 7.40. The summed E-state index contributed by atoms with van der Waals surface area (Å²) in [5, 5.41) is 36.6. The number of aliphatic imine (C=N–C) groups is 2. The number of rotatable bonds is 10. The summed E-state index contributed by atoms with van der Waals surface area (Å²) in [6, 6.07) is 40.8. The number of amidine groups is 2. The van der Waals surface area contributed by atoms with Crippen molar-refractivity contribution in [1.29, 1.82) is 0 Å². The fourth-order valence-corrected chi connectivity index (χ4v) is 8.82. The number of piperidine rings is 2. The van der Waals surface area contributed by atoms with Crippen LogP contribution in [0.1, 0.15) is 89.7 Å². The molecule has 4 aromatic carbocycles. The number of nitrogens with one attached hydrogen (secondary N) is 2. The van der Waals surface area contributed by atoms with E-state index in [1.165, 1.54) is 49.7 Å². The number of para-hydroxylation sites is 2. The maximum atomic E-state index is 11.0. The summed E-state index contributed by atoms with van der Waals surface area (Å²) in [5.74, 6) is 2.03. The van der Waals surface area contributed by atoms with Crippen molar-refractivity contribution in [2.24, 2.45) is 9.98 Å². The van der Waals surface area contributed by atoms with Gasteiger partial charge < -0.3 is 20.8 Å². The zero-order chi connectivity index (χ0) is 43.6. The molecule has 13 heteroatoms. The SMILES string of the molecule is C/C(=N\C(c1ccccc1)N1CCCCC1)NC1=C(O)N(c2ccccc2)N(C)C1C.C/C(=N\C(c1ccccc1)N1CCCCC1)NC1=C(O)N(c2ccccc2)N(C)C1C.[Ni]. The van der Waals surface area contributed by atoms with Gasteiger partial charge >= 0.3 is 0 Å².